The van der Waals surface area contributed by atoms with E-state index in [9.17, 15) is 4.79 Å². The van der Waals surface area contributed by atoms with Gasteiger partial charge in [-0.3, -0.25) is 9.78 Å². The van der Waals surface area contributed by atoms with E-state index >= 15 is 0 Å². The molecule has 4 heteroatoms. The second-order valence-corrected chi connectivity index (χ2v) is 5.68. The number of carbonyl (C=O) groups excluding carboxylic acids is 1. The van der Waals surface area contributed by atoms with Crippen LogP contribution in [0.3, 0.4) is 0 Å². The van der Waals surface area contributed by atoms with Crippen molar-refractivity contribution in [2.45, 2.75) is 39.0 Å². The molecule has 2 rings (SSSR count). The van der Waals surface area contributed by atoms with Crippen LogP contribution in [-0.4, -0.2) is 35.4 Å². The third kappa shape index (κ3) is 3.79. The van der Waals surface area contributed by atoms with Gasteiger partial charge in [0.25, 0.3) is 0 Å². The molecule has 1 saturated heterocycles. The minimum Gasteiger partial charge on any atom is -0.342 e. The molecule has 1 amide bonds. The first-order valence-corrected chi connectivity index (χ1v) is 7.60. The molecule has 4 nitrogen and oxygen atoms in total. The molecule has 1 aromatic rings. The molecule has 2 heterocycles. The Morgan fingerprint density at radius 3 is 2.65 bits per heavy atom. The molecule has 110 valence electrons. The van der Waals surface area contributed by atoms with E-state index in [1.165, 1.54) is 18.4 Å². The highest BCUT2D eigenvalue weighted by Crippen LogP contribution is 2.17. The summed E-state index contributed by atoms with van der Waals surface area (Å²) < 4.78 is 0. The highest BCUT2D eigenvalue weighted by molar-refractivity contribution is 5.79. The lowest BCUT2D eigenvalue weighted by molar-refractivity contribution is -0.135. The van der Waals surface area contributed by atoms with Gasteiger partial charge in [0.2, 0.25) is 5.91 Å². The van der Waals surface area contributed by atoms with Crippen molar-refractivity contribution in [3.8, 4) is 0 Å². The minimum absolute atomic E-state index is 0.115. The number of hydrogen-bond acceptors (Lipinski definition) is 3. The standard InChI is InChI=1S/C16H25N3O/c1-13-6-7-18-12-15(13)10-14(11-17)16(20)19-8-4-2-3-5-9-19/h6-7,12,14H,2-5,8-11,17H2,1H3. The summed E-state index contributed by atoms with van der Waals surface area (Å²) in [6.07, 6.45) is 9.05. The Balaban J connectivity index is 2.03. The van der Waals surface area contributed by atoms with Crippen LogP contribution in [-0.2, 0) is 11.2 Å². The SMILES string of the molecule is Cc1ccncc1CC(CN)C(=O)N1CCCCCC1. The summed E-state index contributed by atoms with van der Waals surface area (Å²) in [6.45, 7) is 4.24. The average Bonchev–Trinajstić information content (AvgIpc) is 2.75. The van der Waals surface area contributed by atoms with Gasteiger partial charge in [-0.1, -0.05) is 12.8 Å². The Morgan fingerprint density at radius 2 is 2.05 bits per heavy atom. The third-order valence-corrected chi connectivity index (χ3v) is 4.17. The summed E-state index contributed by atoms with van der Waals surface area (Å²) in [5.41, 5.74) is 8.16. The highest BCUT2D eigenvalue weighted by Gasteiger charge is 2.24. The first kappa shape index (κ1) is 15.0. The van der Waals surface area contributed by atoms with Crippen LogP contribution in [0.1, 0.15) is 36.8 Å². The predicted molar refractivity (Wildman–Crippen MR) is 80.3 cm³/mol. The molecule has 0 radical (unpaired) electrons. The zero-order valence-corrected chi connectivity index (χ0v) is 12.3. The van der Waals surface area contributed by atoms with Crippen molar-refractivity contribution in [1.29, 1.82) is 0 Å². The summed E-state index contributed by atoms with van der Waals surface area (Å²) in [5, 5.41) is 0. The van der Waals surface area contributed by atoms with E-state index in [1.807, 2.05) is 17.2 Å². The van der Waals surface area contributed by atoms with Gasteiger partial charge in [0.1, 0.15) is 0 Å². The molecule has 0 bridgehead atoms. The normalized spacial score (nSPS) is 17.6. The lowest BCUT2D eigenvalue weighted by Crippen LogP contribution is -2.40. The maximum absolute atomic E-state index is 12.6. The lowest BCUT2D eigenvalue weighted by atomic mass is 9.96. The number of nitrogens with zero attached hydrogens (tertiary/aromatic N) is 2. The van der Waals surface area contributed by atoms with E-state index in [1.54, 1.807) is 6.20 Å². The Bertz CT molecular complexity index is 439. The molecule has 1 fully saturated rings. The number of aryl methyl sites for hydroxylation is 1. The topological polar surface area (TPSA) is 59.2 Å². The van der Waals surface area contributed by atoms with E-state index in [2.05, 4.69) is 11.9 Å². The lowest BCUT2D eigenvalue weighted by Gasteiger charge is -2.25. The molecule has 0 aliphatic carbocycles. The summed E-state index contributed by atoms with van der Waals surface area (Å²) in [7, 11) is 0. The summed E-state index contributed by atoms with van der Waals surface area (Å²) in [4.78, 5) is 18.8. The molecular weight excluding hydrogens is 250 g/mol. The van der Waals surface area contributed by atoms with Crippen molar-refractivity contribution >= 4 is 5.91 Å². The fourth-order valence-corrected chi connectivity index (χ4v) is 2.80. The van der Waals surface area contributed by atoms with Crippen molar-refractivity contribution in [3.05, 3.63) is 29.6 Å². The first-order chi connectivity index (χ1) is 9.72. The van der Waals surface area contributed by atoms with E-state index in [0.717, 1.165) is 31.5 Å². The number of nitrogens with two attached hydrogens (primary N) is 1. The second-order valence-electron chi connectivity index (χ2n) is 5.68. The molecule has 0 saturated carbocycles. The minimum atomic E-state index is -0.115. The van der Waals surface area contributed by atoms with E-state index < -0.39 is 0 Å². The van der Waals surface area contributed by atoms with Crippen LogP contribution in [0.25, 0.3) is 0 Å². The third-order valence-electron chi connectivity index (χ3n) is 4.17. The Kier molecular flexibility index (Phi) is 5.53. The van der Waals surface area contributed by atoms with Gasteiger partial charge in [-0.2, -0.15) is 0 Å². The van der Waals surface area contributed by atoms with Gasteiger partial charge in [0.05, 0.1) is 5.92 Å². The highest BCUT2D eigenvalue weighted by atomic mass is 16.2. The number of pyridine rings is 1. The van der Waals surface area contributed by atoms with E-state index in [4.69, 9.17) is 5.73 Å². The summed E-state index contributed by atoms with van der Waals surface area (Å²) >= 11 is 0. The smallest absolute Gasteiger partial charge is 0.227 e. The molecule has 0 aromatic carbocycles. The quantitative estimate of drug-likeness (QED) is 0.913. The number of rotatable bonds is 4. The number of likely N-dealkylation sites (tertiary alicyclic amines) is 1. The molecule has 1 aliphatic rings. The maximum atomic E-state index is 12.6. The van der Waals surface area contributed by atoms with Crippen molar-refractivity contribution in [1.82, 2.24) is 9.88 Å². The molecular formula is C16H25N3O. The zero-order chi connectivity index (χ0) is 14.4. The van der Waals surface area contributed by atoms with Crippen LogP contribution < -0.4 is 5.73 Å². The molecule has 0 spiro atoms. The molecule has 1 aromatic heterocycles. The average molecular weight is 275 g/mol. The van der Waals surface area contributed by atoms with Crippen LogP contribution in [0.4, 0.5) is 0 Å². The first-order valence-electron chi connectivity index (χ1n) is 7.60. The van der Waals surface area contributed by atoms with Crippen LogP contribution in [0, 0.1) is 12.8 Å². The Labute approximate surface area is 121 Å². The van der Waals surface area contributed by atoms with Crippen LogP contribution in [0.2, 0.25) is 0 Å². The largest absolute Gasteiger partial charge is 0.342 e. The van der Waals surface area contributed by atoms with Crippen molar-refractivity contribution < 1.29 is 4.79 Å². The molecule has 2 N–H and O–H groups in total. The maximum Gasteiger partial charge on any atom is 0.227 e. The Morgan fingerprint density at radius 1 is 1.35 bits per heavy atom. The monoisotopic (exact) mass is 275 g/mol. The molecule has 20 heavy (non-hydrogen) atoms. The molecule has 1 aliphatic heterocycles. The van der Waals surface area contributed by atoms with Crippen molar-refractivity contribution in [2.75, 3.05) is 19.6 Å². The number of amides is 1. The Hall–Kier alpha value is -1.42. The summed E-state index contributed by atoms with van der Waals surface area (Å²) in [5.74, 6) is 0.105. The van der Waals surface area contributed by atoms with Gasteiger partial charge < -0.3 is 10.6 Å². The van der Waals surface area contributed by atoms with Gasteiger partial charge in [0.15, 0.2) is 0 Å². The zero-order valence-electron chi connectivity index (χ0n) is 12.3. The molecule has 1 atom stereocenters. The van der Waals surface area contributed by atoms with Crippen LogP contribution >= 0.6 is 0 Å². The van der Waals surface area contributed by atoms with Gasteiger partial charge in [-0.15, -0.1) is 0 Å². The van der Waals surface area contributed by atoms with E-state index in [0.29, 0.717) is 13.0 Å². The van der Waals surface area contributed by atoms with Gasteiger partial charge in [-0.25, -0.2) is 0 Å². The number of aromatic nitrogens is 1. The number of hydrogen-bond donors (Lipinski definition) is 1. The van der Waals surface area contributed by atoms with Gasteiger partial charge in [-0.05, 0) is 43.4 Å². The fourth-order valence-electron chi connectivity index (χ4n) is 2.80. The number of carbonyl (C=O) groups is 1. The fraction of sp³-hybridized carbons (Fsp3) is 0.625. The van der Waals surface area contributed by atoms with Crippen molar-refractivity contribution in [3.63, 3.8) is 0 Å². The van der Waals surface area contributed by atoms with Crippen LogP contribution in [0.15, 0.2) is 18.5 Å². The predicted octanol–water partition coefficient (Wildman–Crippen LogP) is 1.91. The van der Waals surface area contributed by atoms with E-state index in [-0.39, 0.29) is 11.8 Å². The van der Waals surface area contributed by atoms with Crippen LogP contribution in [0.5, 0.6) is 0 Å². The molecule has 1 unspecified atom stereocenters. The van der Waals surface area contributed by atoms with Crippen molar-refractivity contribution in [2.24, 2.45) is 11.7 Å². The summed E-state index contributed by atoms with van der Waals surface area (Å²) in [6, 6.07) is 1.99. The van der Waals surface area contributed by atoms with Gasteiger partial charge in [0, 0.05) is 32.0 Å². The second kappa shape index (κ2) is 7.39. The van der Waals surface area contributed by atoms with Gasteiger partial charge >= 0.3 is 0 Å².